The Labute approximate surface area is 108 Å². The summed E-state index contributed by atoms with van der Waals surface area (Å²) in [5.41, 5.74) is 0. The van der Waals surface area contributed by atoms with Crippen molar-refractivity contribution in [2.45, 2.75) is 0 Å². The number of rotatable bonds is 4. The van der Waals surface area contributed by atoms with Crippen LogP contribution in [0.15, 0.2) is 43.0 Å². The minimum absolute atomic E-state index is 0. The fourth-order valence-electron chi connectivity index (χ4n) is 0.801. The molecular weight excluding hydrogens is 211 g/mol. The van der Waals surface area contributed by atoms with Crippen molar-refractivity contribution in [1.29, 1.82) is 0 Å². The van der Waals surface area contributed by atoms with E-state index in [4.69, 9.17) is 4.18 Å². The van der Waals surface area contributed by atoms with Gasteiger partial charge in [-0.15, -0.1) is 6.58 Å². The van der Waals surface area contributed by atoms with Crippen molar-refractivity contribution >= 4 is 10.1 Å². The van der Waals surface area contributed by atoms with Crippen LogP contribution in [-0.4, -0.2) is 14.2 Å². The number of hydrogen-bond donors (Lipinski definition) is 0. The smallest absolute Gasteiger partial charge is 1.00 e. The summed E-state index contributed by atoms with van der Waals surface area (Å²) >= 11 is 0. The zero-order valence-corrected chi connectivity index (χ0v) is 10.8. The summed E-state index contributed by atoms with van der Waals surface area (Å²) in [6.07, 6.45) is 1.29. The second-order valence-corrected chi connectivity index (χ2v) is 4.02. The Bertz CT molecular complexity index is 378. The Morgan fingerprint density at radius 2 is 1.93 bits per heavy atom. The van der Waals surface area contributed by atoms with Crippen LogP contribution >= 0.6 is 0 Å². The third-order valence-electron chi connectivity index (χ3n) is 1.29. The van der Waals surface area contributed by atoms with Crippen LogP contribution in [0, 0.1) is 0 Å². The van der Waals surface area contributed by atoms with Crippen LogP contribution in [0.2, 0.25) is 0 Å². The summed E-state index contributed by atoms with van der Waals surface area (Å²) in [6.45, 7) is 3.33. The molecule has 1 rings (SSSR count). The first-order valence-electron chi connectivity index (χ1n) is 3.72. The molecule has 72 valence electrons. The maximum Gasteiger partial charge on any atom is 1.00 e. The molecule has 0 radical (unpaired) electrons. The van der Waals surface area contributed by atoms with Gasteiger partial charge < -0.3 is 5.61 Å². The van der Waals surface area contributed by atoms with Crippen molar-refractivity contribution in [2.75, 3.05) is 5.75 Å². The van der Waals surface area contributed by atoms with Gasteiger partial charge in [0.1, 0.15) is 11.5 Å². The van der Waals surface area contributed by atoms with Gasteiger partial charge in [-0.2, -0.15) is 8.42 Å². The van der Waals surface area contributed by atoms with Crippen molar-refractivity contribution in [1.82, 2.24) is 0 Å². The molecule has 5 heteroatoms. The van der Waals surface area contributed by atoms with Gasteiger partial charge in [0.05, 0.1) is 0 Å². The monoisotopic (exact) mass is 222 g/mol. The van der Waals surface area contributed by atoms with E-state index >= 15 is 0 Å². The quantitative estimate of drug-likeness (QED) is 0.361. The zero-order chi connectivity index (χ0) is 9.73. The maximum absolute atomic E-state index is 11.1. The van der Waals surface area contributed by atoms with Crippen molar-refractivity contribution in [2.24, 2.45) is 0 Å². The van der Waals surface area contributed by atoms with E-state index in [9.17, 15) is 8.42 Å². The van der Waals surface area contributed by atoms with Gasteiger partial charge in [0.15, 0.2) is 0 Å². The van der Waals surface area contributed by atoms with Gasteiger partial charge in [0, 0.05) is 0 Å². The van der Waals surface area contributed by atoms with Crippen LogP contribution in [0.5, 0.6) is 5.75 Å². The second-order valence-electron chi connectivity index (χ2n) is 2.41. The molecule has 0 bridgehead atoms. The van der Waals surface area contributed by atoms with Gasteiger partial charge in [-0.25, -0.2) is 0 Å². The maximum atomic E-state index is 11.1. The SMILES string of the molecule is C=CCS(=O)(=O)Oc1ccccc1.[H-].[Na+]. The summed E-state index contributed by atoms with van der Waals surface area (Å²) in [4.78, 5) is 0. The van der Waals surface area contributed by atoms with E-state index in [1.165, 1.54) is 6.08 Å². The second kappa shape index (κ2) is 6.24. The van der Waals surface area contributed by atoms with E-state index in [1.807, 2.05) is 0 Å². The molecule has 0 spiro atoms. The van der Waals surface area contributed by atoms with Gasteiger partial charge in [0.2, 0.25) is 0 Å². The molecule has 1 aromatic rings. The van der Waals surface area contributed by atoms with Crippen LogP contribution in [0.3, 0.4) is 0 Å². The first-order chi connectivity index (χ1) is 6.14. The molecule has 0 aliphatic rings. The predicted octanol–water partition coefficient (Wildman–Crippen LogP) is -1.30. The van der Waals surface area contributed by atoms with Crippen molar-refractivity contribution in [3.63, 3.8) is 0 Å². The Morgan fingerprint density at radius 3 is 2.43 bits per heavy atom. The minimum atomic E-state index is -3.50. The average molecular weight is 222 g/mol. The van der Waals surface area contributed by atoms with Gasteiger partial charge in [-0.3, -0.25) is 0 Å². The largest absolute Gasteiger partial charge is 1.00 e. The van der Waals surface area contributed by atoms with E-state index in [0.717, 1.165) is 0 Å². The molecule has 3 nitrogen and oxygen atoms in total. The van der Waals surface area contributed by atoms with Crippen molar-refractivity contribution < 1.29 is 43.6 Å². The van der Waals surface area contributed by atoms with E-state index in [2.05, 4.69) is 6.58 Å². The molecule has 0 heterocycles. The molecule has 0 atom stereocenters. The topological polar surface area (TPSA) is 43.4 Å². The summed E-state index contributed by atoms with van der Waals surface area (Å²) < 4.78 is 27.0. The Kier molecular flexibility index (Phi) is 6.11. The standard InChI is InChI=1S/C9H10O3S.Na.H/c1-2-8-13(10,11)12-9-6-4-3-5-7-9;;/h2-7H,1,8H2;;/q;+1;-1. The minimum Gasteiger partial charge on any atom is -1.00 e. The molecule has 0 aliphatic heterocycles. The van der Waals surface area contributed by atoms with Gasteiger partial charge in [-0.1, -0.05) is 24.3 Å². The van der Waals surface area contributed by atoms with Crippen molar-refractivity contribution in [3.8, 4) is 5.75 Å². The Hall–Kier alpha value is -0.290. The summed E-state index contributed by atoms with van der Waals surface area (Å²) in [7, 11) is -3.50. The molecule has 0 fully saturated rings. The molecule has 0 saturated carbocycles. The fourth-order valence-corrected chi connectivity index (χ4v) is 1.56. The fraction of sp³-hybridized carbons (Fsp3) is 0.111. The van der Waals surface area contributed by atoms with Crippen LogP contribution < -0.4 is 33.7 Å². The zero-order valence-electron chi connectivity index (χ0n) is 9.01. The summed E-state index contributed by atoms with van der Waals surface area (Å²) in [6, 6.07) is 8.37. The predicted molar refractivity (Wildman–Crippen MR) is 52.2 cm³/mol. The normalized spacial score (nSPS) is 10.0. The first-order valence-corrected chi connectivity index (χ1v) is 5.30. The number of benzene rings is 1. The molecule has 0 saturated heterocycles. The van der Waals surface area contributed by atoms with Crippen LogP contribution in [0.1, 0.15) is 1.43 Å². The number of para-hydroxylation sites is 1. The first kappa shape index (κ1) is 13.7. The van der Waals surface area contributed by atoms with Crippen LogP contribution in [0.4, 0.5) is 0 Å². The van der Waals surface area contributed by atoms with Gasteiger partial charge in [0.25, 0.3) is 0 Å². The third-order valence-corrected chi connectivity index (χ3v) is 2.38. The Morgan fingerprint density at radius 1 is 1.36 bits per heavy atom. The Balaban J connectivity index is 0. The van der Waals surface area contributed by atoms with E-state index < -0.39 is 10.1 Å². The van der Waals surface area contributed by atoms with E-state index in [1.54, 1.807) is 30.3 Å². The molecule has 0 aromatic heterocycles. The molecule has 1 aromatic carbocycles. The van der Waals surface area contributed by atoms with Gasteiger partial charge >= 0.3 is 39.7 Å². The molecule has 0 N–H and O–H groups in total. The summed E-state index contributed by atoms with van der Waals surface area (Å²) in [5.74, 6) is 0.145. The molecule has 14 heavy (non-hydrogen) atoms. The third kappa shape index (κ3) is 4.81. The molecular formula is C9H11NaO3S. The molecule has 0 aliphatic carbocycles. The molecule has 0 unspecified atom stereocenters. The van der Waals surface area contributed by atoms with E-state index in [0.29, 0.717) is 5.75 Å². The van der Waals surface area contributed by atoms with Crippen molar-refractivity contribution in [3.05, 3.63) is 43.0 Å². The van der Waals surface area contributed by atoms with Crippen LogP contribution in [-0.2, 0) is 10.1 Å². The van der Waals surface area contributed by atoms with Gasteiger partial charge in [-0.05, 0) is 12.1 Å². The summed E-state index contributed by atoms with van der Waals surface area (Å²) in [5, 5.41) is 0. The van der Waals surface area contributed by atoms with E-state index in [-0.39, 0.29) is 36.7 Å². The van der Waals surface area contributed by atoms with Crippen LogP contribution in [0.25, 0.3) is 0 Å². The number of hydrogen-bond acceptors (Lipinski definition) is 3. The molecule has 0 amide bonds. The average Bonchev–Trinajstić information content (AvgIpc) is 2.04.